The van der Waals surface area contributed by atoms with E-state index < -0.39 is 0 Å². The summed E-state index contributed by atoms with van der Waals surface area (Å²) in [5, 5.41) is 1.23. The van der Waals surface area contributed by atoms with Gasteiger partial charge in [0.2, 0.25) is 0 Å². The second-order valence-corrected chi connectivity index (χ2v) is 5.55. The normalized spacial score (nSPS) is 11.2. The Morgan fingerprint density at radius 1 is 1.35 bits per heavy atom. The number of nitrogens with zero attached hydrogens (tertiary/aromatic N) is 2. The van der Waals surface area contributed by atoms with Crippen molar-refractivity contribution >= 4 is 28.1 Å². The predicted molar refractivity (Wildman–Crippen MR) is 88.8 cm³/mol. The van der Waals surface area contributed by atoms with Gasteiger partial charge in [-0.3, -0.25) is 9.88 Å². The minimum absolute atomic E-state index is 0.583. The third-order valence-corrected chi connectivity index (χ3v) is 3.65. The molecule has 0 amide bonds. The van der Waals surface area contributed by atoms with Crippen LogP contribution in [-0.4, -0.2) is 28.0 Å². The fourth-order valence-corrected chi connectivity index (χ4v) is 2.48. The molecule has 0 radical (unpaired) electrons. The van der Waals surface area contributed by atoms with E-state index in [0.29, 0.717) is 4.99 Å². The number of para-hydroxylation sites is 1. The molecule has 0 aliphatic rings. The molecule has 1 aromatic heterocycles. The van der Waals surface area contributed by atoms with E-state index in [1.165, 1.54) is 10.9 Å². The summed E-state index contributed by atoms with van der Waals surface area (Å²) in [5.74, 6) is 0. The fraction of sp³-hybridized carbons (Fsp3) is 0.375. The van der Waals surface area contributed by atoms with Crippen molar-refractivity contribution in [2.75, 3.05) is 13.1 Å². The third kappa shape index (κ3) is 3.74. The number of thiocarbonyl (C=S) groups is 1. The molecule has 106 valence electrons. The van der Waals surface area contributed by atoms with Gasteiger partial charge in [-0.05, 0) is 31.2 Å². The maximum Gasteiger partial charge on any atom is 0.0740 e. The zero-order chi connectivity index (χ0) is 14.5. The van der Waals surface area contributed by atoms with Gasteiger partial charge in [0.15, 0.2) is 0 Å². The molecule has 0 bridgehead atoms. The highest BCUT2D eigenvalue weighted by molar-refractivity contribution is 7.80. The highest BCUT2D eigenvalue weighted by Crippen LogP contribution is 2.19. The average Bonchev–Trinajstić information content (AvgIpc) is 2.42. The van der Waals surface area contributed by atoms with Crippen molar-refractivity contribution in [2.45, 2.75) is 26.8 Å². The van der Waals surface area contributed by atoms with E-state index in [9.17, 15) is 0 Å². The fourth-order valence-electron chi connectivity index (χ4n) is 2.38. The Morgan fingerprint density at radius 2 is 2.10 bits per heavy atom. The summed E-state index contributed by atoms with van der Waals surface area (Å²) in [6, 6.07) is 10.5. The van der Waals surface area contributed by atoms with Gasteiger partial charge in [-0.15, -0.1) is 0 Å². The number of fused-ring (bicyclic) bond motifs is 1. The molecule has 2 aromatic rings. The van der Waals surface area contributed by atoms with Crippen LogP contribution in [0.2, 0.25) is 0 Å². The second kappa shape index (κ2) is 6.77. The maximum atomic E-state index is 5.60. The van der Waals surface area contributed by atoms with Gasteiger partial charge in [0.1, 0.15) is 0 Å². The molecule has 0 unspecified atom stereocenters. The first-order chi connectivity index (χ1) is 9.60. The van der Waals surface area contributed by atoms with E-state index in [2.05, 4.69) is 41.1 Å². The predicted octanol–water partition coefficient (Wildman–Crippen LogP) is 3.04. The minimum Gasteiger partial charge on any atom is -0.393 e. The lowest BCUT2D eigenvalue weighted by molar-refractivity contribution is 0.289. The Balaban J connectivity index is 2.25. The van der Waals surface area contributed by atoms with Gasteiger partial charge in [-0.25, -0.2) is 0 Å². The monoisotopic (exact) mass is 287 g/mol. The minimum atomic E-state index is 0.583. The number of rotatable bonds is 6. The van der Waals surface area contributed by atoms with Crippen LogP contribution in [-0.2, 0) is 6.54 Å². The first kappa shape index (κ1) is 14.9. The topological polar surface area (TPSA) is 42.1 Å². The molecular formula is C16H21N3S. The quantitative estimate of drug-likeness (QED) is 0.829. The lowest BCUT2D eigenvalue weighted by Gasteiger charge is -2.21. The van der Waals surface area contributed by atoms with Crippen LogP contribution >= 0.6 is 12.2 Å². The van der Waals surface area contributed by atoms with Crippen LogP contribution in [0.3, 0.4) is 0 Å². The van der Waals surface area contributed by atoms with E-state index in [1.54, 1.807) is 0 Å². The molecule has 0 atom stereocenters. The molecule has 1 aromatic carbocycles. The van der Waals surface area contributed by atoms with Crippen molar-refractivity contribution in [3.8, 4) is 0 Å². The largest absolute Gasteiger partial charge is 0.393 e. The van der Waals surface area contributed by atoms with Gasteiger partial charge in [-0.1, -0.05) is 37.3 Å². The van der Waals surface area contributed by atoms with Crippen LogP contribution in [0.5, 0.6) is 0 Å². The summed E-state index contributed by atoms with van der Waals surface area (Å²) in [7, 11) is 0. The van der Waals surface area contributed by atoms with Gasteiger partial charge >= 0.3 is 0 Å². The van der Waals surface area contributed by atoms with Crippen molar-refractivity contribution in [1.82, 2.24) is 9.88 Å². The average molecular weight is 287 g/mol. The van der Waals surface area contributed by atoms with Gasteiger partial charge in [0.05, 0.1) is 10.5 Å². The molecule has 0 spiro atoms. The van der Waals surface area contributed by atoms with Crippen LogP contribution in [0.4, 0.5) is 0 Å². The highest BCUT2D eigenvalue weighted by Gasteiger charge is 2.08. The van der Waals surface area contributed by atoms with Crippen LogP contribution in [0.25, 0.3) is 10.9 Å². The standard InChI is InChI=1S/C16H21N3S/c1-3-19(9-8-16(17)20)11-13-10-12(2)18-15-7-5-4-6-14(13)15/h4-7,10H,3,8-9,11H2,1-2H3,(H2,17,20). The number of pyridine rings is 1. The molecule has 0 fully saturated rings. The molecule has 0 saturated carbocycles. The summed E-state index contributed by atoms with van der Waals surface area (Å²) in [4.78, 5) is 7.53. The Hall–Kier alpha value is -1.52. The number of hydrogen-bond donors (Lipinski definition) is 1. The molecule has 0 saturated heterocycles. The number of aryl methyl sites for hydroxylation is 1. The SMILES string of the molecule is CCN(CCC(N)=S)Cc1cc(C)nc2ccccc12. The molecule has 2 rings (SSSR count). The van der Waals surface area contributed by atoms with Gasteiger partial charge in [-0.2, -0.15) is 0 Å². The number of nitrogens with two attached hydrogens (primary N) is 1. The zero-order valence-electron chi connectivity index (χ0n) is 12.1. The van der Waals surface area contributed by atoms with Crippen LogP contribution in [0.15, 0.2) is 30.3 Å². The van der Waals surface area contributed by atoms with Crippen LogP contribution < -0.4 is 5.73 Å². The van der Waals surface area contributed by atoms with Crippen LogP contribution in [0.1, 0.15) is 24.6 Å². The van der Waals surface area contributed by atoms with Crippen molar-refractivity contribution < 1.29 is 0 Å². The molecule has 0 aliphatic carbocycles. The summed E-state index contributed by atoms with van der Waals surface area (Å²) >= 11 is 4.97. The van der Waals surface area contributed by atoms with Crippen molar-refractivity contribution in [1.29, 1.82) is 0 Å². The summed E-state index contributed by atoms with van der Waals surface area (Å²) < 4.78 is 0. The number of benzene rings is 1. The first-order valence-electron chi connectivity index (χ1n) is 6.96. The summed E-state index contributed by atoms with van der Waals surface area (Å²) in [6.45, 7) is 7.00. The molecular weight excluding hydrogens is 266 g/mol. The lowest BCUT2D eigenvalue weighted by Crippen LogP contribution is -2.27. The maximum absolute atomic E-state index is 5.60. The number of aromatic nitrogens is 1. The van der Waals surface area contributed by atoms with Crippen molar-refractivity contribution in [3.63, 3.8) is 0 Å². The van der Waals surface area contributed by atoms with E-state index in [0.717, 1.165) is 37.3 Å². The van der Waals surface area contributed by atoms with E-state index in [1.807, 2.05) is 13.0 Å². The molecule has 1 heterocycles. The third-order valence-electron chi connectivity index (χ3n) is 3.45. The Morgan fingerprint density at radius 3 is 2.80 bits per heavy atom. The summed E-state index contributed by atoms with van der Waals surface area (Å²) in [5.41, 5.74) is 9.04. The zero-order valence-corrected chi connectivity index (χ0v) is 12.9. The molecule has 0 aliphatic heterocycles. The Kier molecular flexibility index (Phi) is 5.04. The Labute approximate surface area is 125 Å². The lowest BCUT2D eigenvalue weighted by atomic mass is 10.1. The molecule has 3 nitrogen and oxygen atoms in total. The van der Waals surface area contributed by atoms with Crippen molar-refractivity contribution in [2.24, 2.45) is 5.73 Å². The molecule has 4 heteroatoms. The smallest absolute Gasteiger partial charge is 0.0740 e. The Bertz CT molecular complexity index is 610. The molecule has 20 heavy (non-hydrogen) atoms. The molecule has 2 N–H and O–H groups in total. The van der Waals surface area contributed by atoms with Crippen molar-refractivity contribution in [3.05, 3.63) is 41.6 Å². The van der Waals surface area contributed by atoms with Crippen LogP contribution in [0, 0.1) is 6.92 Å². The van der Waals surface area contributed by atoms with Gasteiger partial charge in [0, 0.05) is 30.6 Å². The first-order valence-corrected chi connectivity index (χ1v) is 7.37. The summed E-state index contributed by atoms with van der Waals surface area (Å²) in [6.07, 6.45) is 0.769. The van der Waals surface area contributed by atoms with Gasteiger partial charge in [0.25, 0.3) is 0 Å². The van der Waals surface area contributed by atoms with E-state index >= 15 is 0 Å². The van der Waals surface area contributed by atoms with E-state index in [-0.39, 0.29) is 0 Å². The van der Waals surface area contributed by atoms with Gasteiger partial charge < -0.3 is 5.73 Å². The second-order valence-electron chi connectivity index (χ2n) is 5.02. The number of hydrogen-bond acceptors (Lipinski definition) is 3. The van der Waals surface area contributed by atoms with E-state index in [4.69, 9.17) is 18.0 Å². The highest BCUT2D eigenvalue weighted by atomic mass is 32.1.